The second kappa shape index (κ2) is 9.28. The Hall–Kier alpha value is -1.89. The van der Waals surface area contributed by atoms with E-state index in [2.05, 4.69) is 19.2 Å². The zero-order valence-corrected chi connectivity index (χ0v) is 18.3. The van der Waals surface area contributed by atoms with Gasteiger partial charge >= 0.3 is 0 Å². The van der Waals surface area contributed by atoms with Gasteiger partial charge in [-0.2, -0.15) is 4.31 Å². The summed E-state index contributed by atoms with van der Waals surface area (Å²) in [6, 6.07) is 14.1. The van der Waals surface area contributed by atoms with E-state index in [1.807, 2.05) is 30.3 Å². The molecule has 1 atom stereocenters. The van der Waals surface area contributed by atoms with Gasteiger partial charge in [-0.1, -0.05) is 55.8 Å². The monoisotopic (exact) mass is 434 g/mol. The second-order valence-electron chi connectivity index (χ2n) is 7.82. The lowest BCUT2D eigenvalue weighted by Gasteiger charge is -2.22. The lowest BCUT2D eigenvalue weighted by Crippen LogP contribution is -2.31. The lowest BCUT2D eigenvalue weighted by atomic mass is 9.96. The summed E-state index contributed by atoms with van der Waals surface area (Å²) in [6.07, 6.45) is 2.46. The van der Waals surface area contributed by atoms with Crippen molar-refractivity contribution < 1.29 is 13.2 Å². The Morgan fingerprint density at radius 1 is 1.10 bits per heavy atom. The maximum absolute atomic E-state index is 13.0. The summed E-state index contributed by atoms with van der Waals surface area (Å²) in [5, 5.41) is 3.19. The highest BCUT2D eigenvalue weighted by molar-refractivity contribution is 7.89. The van der Waals surface area contributed by atoms with Gasteiger partial charge in [-0.3, -0.25) is 4.79 Å². The van der Waals surface area contributed by atoms with E-state index in [0.29, 0.717) is 19.0 Å². The van der Waals surface area contributed by atoms with Crippen LogP contribution in [-0.4, -0.2) is 31.7 Å². The number of halogens is 1. The molecule has 1 aliphatic rings. The van der Waals surface area contributed by atoms with Gasteiger partial charge in [-0.25, -0.2) is 8.42 Å². The van der Waals surface area contributed by atoms with Gasteiger partial charge in [-0.05, 0) is 48.9 Å². The third-order valence-corrected chi connectivity index (χ3v) is 7.47. The number of rotatable bonds is 7. The average Bonchev–Trinajstić information content (AvgIpc) is 3.23. The fraction of sp³-hybridized carbons (Fsp3) is 0.409. The van der Waals surface area contributed by atoms with Gasteiger partial charge in [-0.15, -0.1) is 0 Å². The molecule has 1 aliphatic heterocycles. The molecule has 1 amide bonds. The van der Waals surface area contributed by atoms with Crippen molar-refractivity contribution in [3.8, 4) is 0 Å². The smallest absolute Gasteiger partial charge is 0.251 e. The van der Waals surface area contributed by atoms with Crippen molar-refractivity contribution in [2.45, 2.75) is 44.0 Å². The molecule has 0 aliphatic carbocycles. The first-order valence-corrected chi connectivity index (χ1v) is 11.8. The van der Waals surface area contributed by atoms with E-state index >= 15 is 0 Å². The van der Waals surface area contributed by atoms with Crippen LogP contribution in [-0.2, 0) is 10.0 Å². The first-order chi connectivity index (χ1) is 13.8. The molecule has 29 heavy (non-hydrogen) atoms. The van der Waals surface area contributed by atoms with Crippen LogP contribution in [0.4, 0.5) is 0 Å². The van der Waals surface area contributed by atoms with Gasteiger partial charge in [0.25, 0.3) is 5.91 Å². The van der Waals surface area contributed by atoms with E-state index in [1.165, 1.54) is 16.4 Å². The van der Waals surface area contributed by atoms with E-state index < -0.39 is 10.0 Å². The summed E-state index contributed by atoms with van der Waals surface area (Å²) < 4.78 is 27.3. The van der Waals surface area contributed by atoms with Gasteiger partial charge in [0.05, 0.1) is 11.1 Å². The number of hydrogen-bond donors (Lipinski definition) is 1. The van der Waals surface area contributed by atoms with Crippen LogP contribution in [0.2, 0.25) is 5.02 Å². The predicted molar refractivity (Wildman–Crippen MR) is 116 cm³/mol. The average molecular weight is 435 g/mol. The number of sulfonamides is 1. The quantitative estimate of drug-likeness (QED) is 0.690. The predicted octanol–water partition coefficient (Wildman–Crippen LogP) is 4.64. The molecule has 1 heterocycles. The summed E-state index contributed by atoms with van der Waals surface area (Å²) in [4.78, 5) is 13.0. The van der Waals surface area contributed by atoms with E-state index in [0.717, 1.165) is 24.8 Å². The molecule has 0 aromatic heterocycles. The number of amides is 1. The second-order valence-corrected chi connectivity index (χ2v) is 10.1. The molecule has 0 unspecified atom stereocenters. The van der Waals surface area contributed by atoms with Crippen molar-refractivity contribution in [1.29, 1.82) is 0 Å². The van der Waals surface area contributed by atoms with E-state index in [9.17, 15) is 13.2 Å². The van der Waals surface area contributed by atoms with Crippen LogP contribution in [0.3, 0.4) is 0 Å². The molecule has 1 N–H and O–H groups in total. The molecule has 2 aromatic rings. The number of carbonyl (C=O) groups is 1. The van der Waals surface area contributed by atoms with E-state index in [-0.39, 0.29) is 27.4 Å². The third-order valence-electron chi connectivity index (χ3n) is 5.09. The lowest BCUT2D eigenvalue weighted by molar-refractivity contribution is 0.0931. The molecule has 5 nitrogen and oxygen atoms in total. The van der Waals surface area contributed by atoms with Crippen molar-refractivity contribution in [3.05, 3.63) is 64.7 Å². The minimum Gasteiger partial charge on any atom is -0.345 e. The zero-order chi connectivity index (χ0) is 21.0. The number of nitrogens with zero attached hydrogens (tertiary/aromatic N) is 1. The van der Waals surface area contributed by atoms with Crippen LogP contribution in [0.15, 0.2) is 53.4 Å². The number of carbonyl (C=O) groups excluding carboxylic acids is 1. The van der Waals surface area contributed by atoms with Crippen molar-refractivity contribution in [3.63, 3.8) is 0 Å². The molecule has 1 saturated heterocycles. The van der Waals surface area contributed by atoms with Crippen LogP contribution in [0.25, 0.3) is 0 Å². The summed E-state index contributed by atoms with van der Waals surface area (Å²) in [5.41, 5.74) is 1.31. The van der Waals surface area contributed by atoms with Gasteiger partial charge in [0.1, 0.15) is 4.90 Å². The van der Waals surface area contributed by atoms with Crippen LogP contribution >= 0.6 is 11.6 Å². The standard InChI is InChI=1S/C22H27ClN2O3S/c1-16(2)14-20(17-8-4-3-5-9-17)24-22(26)18-10-11-19(23)21(15-18)29(27,28)25-12-6-7-13-25/h3-5,8-11,15-16,20H,6-7,12-14H2,1-2H3,(H,24,26)/t20-/m0/s1. The number of nitrogens with one attached hydrogen (secondary N) is 1. The molecule has 3 rings (SSSR count). The van der Waals surface area contributed by atoms with Crippen LogP contribution in [0.1, 0.15) is 55.1 Å². The Balaban J connectivity index is 1.87. The third kappa shape index (κ3) is 5.18. The minimum absolute atomic E-state index is 0.00571. The molecule has 7 heteroatoms. The maximum Gasteiger partial charge on any atom is 0.251 e. The van der Waals surface area contributed by atoms with Crippen molar-refractivity contribution in [2.24, 2.45) is 5.92 Å². The zero-order valence-electron chi connectivity index (χ0n) is 16.8. The van der Waals surface area contributed by atoms with Crippen LogP contribution < -0.4 is 5.32 Å². The van der Waals surface area contributed by atoms with Crippen molar-refractivity contribution in [2.75, 3.05) is 13.1 Å². The summed E-state index contributed by atoms with van der Waals surface area (Å²) >= 11 is 6.20. The Morgan fingerprint density at radius 3 is 2.38 bits per heavy atom. The molecule has 2 aromatic carbocycles. The summed E-state index contributed by atoms with van der Waals surface area (Å²) in [6.45, 7) is 5.18. The van der Waals surface area contributed by atoms with E-state index in [4.69, 9.17) is 11.6 Å². The van der Waals surface area contributed by atoms with Crippen LogP contribution in [0, 0.1) is 5.92 Å². The Kier molecular flexibility index (Phi) is 6.98. The first kappa shape index (κ1) is 21.8. The largest absolute Gasteiger partial charge is 0.345 e. The maximum atomic E-state index is 13.0. The van der Waals surface area contributed by atoms with Gasteiger partial charge in [0.15, 0.2) is 0 Å². The fourth-order valence-corrected chi connectivity index (χ4v) is 5.60. The Labute approximate surface area is 178 Å². The molecule has 0 spiro atoms. The molecule has 0 radical (unpaired) electrons. The molecular weight excluding hydrogens is 408 g/mol. The van der Waals surface area contributed by atoms with E-state index in [1.54, 1.807) is 6.07 Å². The van der Waals surface area contributed by atoms with Crippen molar-refractivity contribution in [1.82, 2.24) is 9.62 Å². The highest BCUT2D eigenvalue weighted by Crippen LogP contribution is 2.29. The van der Waals surface area contributed by atoms with Gasteiger partial charge < -0.3 is 5.32 Å². The summed E-state index contributed by atoms with van der Waals surface area (Å²) in [7, 11) is -3.70. The highest BCUT2D eigenvalue weighted by Gasteiger charge is 2.30. The van der Waals surface area contributed by atoms with Crippen LogP contribution in [0.5, 0.6) is 0 Å². The molecule has 0 bridgehead atoms. The van der Waals surface area contributed by atoms with Crippen molar-refractivity contribution >= 4 is 27.5 Å². The molecule has 156 valence electrons. The molecular formula is C22H27ClN2O3S. The summed E-state index contributed by atoms with van der Waals surface area (Å²) in [5.74, 6) is 0.0749. The van der Waals surface area contributed by atoms with Gasteiger partial charge in [0, 0.05) is 18.7 Å². The molecule has 1 fully saturated rings. The topological polar surface area (TPSA) is 66.5 Å². The molecule has 0 saturated carbocycles. The Bertz CT molecular complexity index is 955. The Morgan fingerprint density at radius 2 is 1.76 bits per heavy atom. The number of benzene rings is 2. The number of hydrogen-bond acceptors (Lipinski definition) is 3. The SMILES string of the molecule is CC(C)C[C@H](NC(=O)c1ccc(Cl)c(S(=O)(=O)N2CCCC2)c1)c1ccccc1. The first-order valence-electron chi connectivity index (χ1n) is 9.94. The minimum atomic E-state index is -3.70. The fourth-order valence-electron chi connectivity index (χ4n) is 3.59. The normalized spacial score (nSPS) is 16.1. The van der Waals surface area contributed by atoms with Gasteiger partial charge in [0.2, 0.25) is 10.0 Å². The highest BCUT2D eigenvalue weighted by atomic mass is 35.5.